The van der Waals surface area contributed by atoms with Gasteiger partial charge in [-0.1, -0.05) is 0 Å². The van der Waals surface area contributed by atoms with Crippen molar-refractivity contribution in [2.45, 2.75) is 12.0 Å². The summed E-state index contributed by atoms with van der Waals surface area (Å²) in [5, 5.41) is 42.0. The lowest BCUT2D eigenvalue weighted by atomic mass is 9.97. The Bertz CT molecular complexity index is 599. The number of piperazine rings is 1. The molecule has 1 aromatic rings. The molecule has 1 atom stereocenters. The van der Waals surface area contributed by atoms with E-state index in [2.05, 4.69) is 5.32 Å². The molecule has 11 heteroatoms. The fraction of sp³-hybridized carbons (Fsp3) is 0.538. The number of nitro groups is 1. The Labute approximate surface area is 142 Å². The van der Waals surface area contributed by atoms with Crippen LogP contribution in [0.25, 0.3) is 0 Å². The predicted octanol–water partition coefficient (Wildman–Crippen LogP) is 1.00. The molecule has 0 radical (unpaired) electrons. The minimum Gasteiger partial charge on any atom is -0.504 e. The van der Waals surface area contributed by atoms with Crippen LogP contribution in [0.3, 0.4) is 0 Å². The molecule has 0 spiro atoms. The third-order valence-corrected chi connectivity index (χ3v) is 3.73. The average Bonchev–Trinajstić information content (AvgIpc) is 2.51. The Kier molecular flexibility index (Phi) is 6.67. The van der Waals surface area contributed by atoms with Gasteiger partial charge in [0.1, 0.15) is 12.6 Å². The van der Waals surface area contributed by atoms with Crippen molar-refractivity contribution in [3.05, 3.63) is 27.8 Å². The second-order valence-corrected chi connectivity index (χ2v) is 5.27. The zero-order chi connectivity index (χ0) is 17.2. The number of halogens is 3. The molecule has 0 amide bonds. The first-order valence-corrected chi connectivity index (χ1v) is 6.91. The minimum atomic E-state index is -3.57. The van der Waals surface area contributed by atoms with Gasteiger partial charge < -0.3 is 20.6 Å². The van der Waals surface area contributed by atoms with Gasteiger partial charge in [-0.05, 0) is 11.6 Å². The molecule has 0 aliphatic carbocycles. The average molecular weight is 370 g/mol. The van der Waals surface area contributed by atoms with E-state index in [1.807, 2.05) is 0 Å². The standard InChI is InChI=1S/C13H17F2N3O5.ClH/c14-13(15,7-19)12(17-3-1-16-2-4-17)8-5-9(18(22)23)11(21)10(20)6-8;/h5-6,12,16,19-21H,1-4,7H2;1H/t12-;/m1./s1. The summed E-state index contributed by atoms with van der Waals surface area (Å²) in [6.07, 6.45) is 0. The number of hydrogen-bond donors (Lipinski definition) is 4. The third-order valence-electron chi connectivity index (χ3n) is 3.73. The Hall–Kier alpha value is -1.75. The van der Waals surface area contributed by atoms with E-state index in [1.54, 1.807) is 0 Å². The molecular weight excluding hydrogens is 352 g/mol. The van der Waals surface area contributed by atoms with Crippen LogP contribution in [0.15, 0.2) is 12.1 Å². The van der Waals surface area contributed by atoms with Gasteiger partial charge in [0.05, 0.1) is 4.92 Å². The van der Waals surface area contributed by atoms with Crippen LogP contribution in [0, 0.1) is 10.1 Å². The number of phenols is 2. The number of aliphatic hydroxyl groups is 1. The molecule has 136 valence electrons. The van der Waals surface area contributed by atoms with E-state index in [0.29, 0.717) is 13.1 Å². The molecule has 4 N–H and O–H groups in total. The van der Waals surface area contributed by atoms with E-state index >= 15 is 0 Å². The highest BCUT2D eigenvalue weighted by molar-refractivity contribution is 5.85. The summed E-state index contributed by atoms with van der Waals surface area (Å²) in [5.74, 6) is -5.41. The molecule has 8 nitrogen and oxygen atoms in total. The maximum atomic E-state index is 14.2. The third kappa shape index (κ3) is 4.01. The lowest BCUT2D eigenvalue weighted by molar-refractivity contribution is -0.386. The van der Waals surface area contributed by atoms with E-state index in [0.717, 1.165) is 12.1 Å². The normalized spacial score (nSPS) is 17.1. The Morgan fingerprint density at radius 3 is 2.42 bits per heavy atom. The number of nitrogens with one attached hydrogen (secondary N) is 1. The van der Waals surface area contributed by atoms with Crippen molar-refractivity contribution in [3.63, 3.8) is 0 Å². The lowest BCUT2D eigenvalue weighted by Gasteiger charge is -2.38. The Morgan fingerprint density at radius 2 is 1.92 bits per heavy atom. The molecular formula is C13H18ClF2N3O5. The van der Waals surface area contributed by atoms with Crippen molar-refractivity contribution in [1.29, 1.82) is 0 Å². The predicted molar refractivity (Wildman–Crippen MR) is 82.9 cm³/mol. The van der Waals surface area contributed by atoms with Crippen LogP contribution in [-0.2, 0) is 0 Å². The van der Waals surface area contributed by atoms with Gasteiger partial charge in [0, 0.05) is 32.2 Å². The van der Waals surface area contributed by atoms with Gasteiger partial charge in [0.15, 0.2) is 5.75 Å². The number of aliphatic hydroxyl groups excluding tert-OH is 1. The largest absolute Gasteiger partial charge is 0.504 e. The number of benzene rings is 1. The van der Waals surface area contributed by atoms with E-state index in [9.17, 15) is 29.1 Å². The van der Waals surface area contributed by atoms with Crippen molar-refractivity contribution in [3.8, 4) is 11.5 Å². The molecule has 1 aliphatic heterocycles. The maximum Gasteiger partial charge on any atom is 0.314 e. The van der Waals surface area contributed by atoms with Crippen molar-refractivity contribution in [2.75, 3.05) is 32.8 Å². The first-order chi connectivity index (χ1) is 10.8. The first-order valence-electron chi connectivity index (χ1n) is 6.91. The summed E-state index contributed by atoms with van der Waals surface area (Å²) >= 11 is 0. The second-order valence-electron chi connectivity index (χ2n) is 5.27. The molecule has 1 aromatic carbocycles. The zero-order valence-electron chi connectivity index (χ0n) is 12.5. The molecule has 0 bridgehead atoms. The summed E-state index contributed by atoms with van der Waals surface area (Å²) in [5.41, 5.74) is -1.11. The van der Waals surface area contributed by atoms with Crippen molar-refractivity contribution in [2.24, 2.45) is 0 Å². The van der Waals surface area contributed by atoms with Crippen molar-refractivity contribution in [1.82, 2.24) is 10.2 Å². The molecule has 0 aromatic heterocycles. The van der Waals surface area contributed by atoms with Gasteiger partial charge in [-0.3, -0.25) is 15.0 Å². The van der Waals surface area contributed by atoms with Crippen LogP contribution < -0.4 is 5.32 Å². The summed E-state index contributed by atoms with van der Waals surface area (Å²) in [4.78, 5) is 11.3. The van der Waals surface area contributed by atoms with Crippen LogP contribution in [-0.4, -0.2) is 63.9 Å². The molecule has 1 saturated heterocycles. The smallest absolute Gasteiger partial charge is 0.314 e. The minimum absolute atomic E-state index is 0. The van der Waals surface area contributed by atoms with E-state index in [1.165, 1.54) is 4.90 Å². The van der Waals surface area contributed by atoms with Gasteiger partial charge in [-0.15, -0.1) is 12.4 Å². The summed E-state index contributed by atoms with van der Waals surface area (Å²) < 4.78 is 28.5. The molecule has 0 unspecified atom stereocenters. The summed E-state index contributed by atoms with van der Waals surface area (Å²) in [6, 6.07) is 0.00371. The molecule has 1 heterocycles. The fourth-order valence-electron chi connectivity index (χ4n) is 2.67. The van der Waals surface area contributed by atoms with Gasteiger partial charge >= 0.3 is 5.69 Å². The number of phenolic OH excluding ortho intramolecular Hbond substituents is 2. The van der Waals surface area contributed by atoms with Crippen LogP contribution in [0.2, 0.25) is 0 Å². The van der Waals surface area contributed by atoms with Gasteiger partial charge in [0.25, 0.3) is 5.92 Å². The Morgan fingerprint density at radius 1 is 1.33 bits per heavy atom. The van der Waals surface area contributed by atoms with Gasteiger partial charge in [-0.2, -0.15) is 0 Å². The molecule has 2 rings (SSSR count). The molecule has 0 saturated carbocycles. The molecule has 1 aliphatic rings. The van der Waals surface area contributed by atoms with Crippen LogP contribution >= 0.6 is 12.4 Å². The maximum absolute atomic E-state index is 14.2. The van der Waals surface area contributed by atoms with Crippen molar-refractivity contribution < 1.29 is 29.0 Å². The number of rotatable bonds is 5. The number of nitrogens with zero attached hydrogens (tertiary/aromatic N) is 2. The SMILES string of the molecule is Cl.O=[N+]([O-])c1cc([C@@H](N2CCNCC2)C(F)(F)CO)cc(O)c1O. The van der Waals surface area contributed by atoms with Gasteiger partial charge in [-0.25, -0.2) is 8.78 Å². The van der Waals surface area contributed by atoms with Crippen molar-refractivity contribution >= 4 is 18.1 Å². The monoisotopic (exact) mass is 369 g/mol. The number of aromatic hydroxyl groups is 2. The number of alkyl halides is 2. The highest BCUT2D eigenvalue weighted by Crippen LogP contribution is 2.43. The number of hydrogen-bond acceptors (Lipinski definition) is 7. The molecule has 24 heavy (non-hydrogen) atoms. The molecule has 1 fully saturated rings. The summed E-state index contributed by atoms with van der Waals surface area (Å²) in [6.45, 7) is -0.0588. The van der Waals surface area contributed by atoms with E-state index in [4.69, 9.17) is 5.11 Å². The number of nitro benzene ring substituents is 1. The summed E-state index contributed by atoms with van der Waals surface area (Å²) in [7, 11) is 0. The van der Waals surface area contributed by atoms with Crippen LogP contribution in [0.5, 0.6) is 11.5 Å². The topological polar surface area (TPSA) is 119 Å². The highest BCUT2D eigenvalue weighted by Gasteiger charge is 2.45. The van der Waals surface area contributed by atoms with Crippen LogP contribution in [0.4, 0.5) is 14.5 Å². The highest BCUT2D eigenvalue weighted by atomic mass is 35.5. The fourth-order valence-corrected chi connectivity index (χ4v) is 2.67. The second kappa shape index (κ2) is 7.88. The van der Waals surface area contributed by atoms with Crippen LogP contribution in [0.1, 0.15) is 11.6 Å². The van der Waals surface area contributed by atoms with E-state index < -0.39 is 40.7 Å². The lowest BCUT2D eigenvalue weighted by Crippen LogP contribution is -2.51. The Balaban J connectivity index is 0.00000288. The first kappa shape index (κ1) is 20.3. The zero-order valence-corrected chi connectivity index (χ0v) is 13.3. The van der Waals surface area contributed by atoms with Gasteiger partial charge in [0.2, 0.25) is 5.75 Å². The van der Waals surface area contributed by atoms with E-state index in [-0.39, 0.29) is 31.1 Å². The quantitative estimate of drug-likeness (QED) is 0.347.